The summed E-state index contributed by atoms with van der Waals surface area (Å²) in [5.41, 5.74) is 0.709. The molecule has 4 saturated carbocycles. The molecule has 5 aliphatic carbocycles. The van der Waals surface area contributed by atoms with Gasteiger partial charge < -0.3 is 34.6 Å². The third kappa shape index (κ3) is 4.31. The molecule has 4 N–H and O–H groups in total. The van der Waals surface area contributed by atoms with Gasteiger partial charge in [-0.05, 0) is 114 Å². The van der Waals surface area contributed by atoms with Crippen molar-refractivity contribution in [2.24, 2.45) is 56.7 Å². The molecule has 5 fully saturated rings. The van der Waals surface area contributed by atoms with Gasteiger partial charge in [0.2, 0.25) is 0 Å². The predicted octanol–water partition coefficient (Wildman–Crippen LogP) is 7.17. The van der Waals surface area contributed by atoms with E-state index in [0.717, 1.165) is 56.3 Å². The second-order valence-corrected chi connectivity index (χ2v) is 18.3. The van der Waals surface area contributed by atoms with Crippen LogP contribution in [0.25, 0.3) is 0 Å². The molecular weight excluding hydrogens is 592 g/mol. The van der Waals surface area contributed by atoms with Gasteiger partial charge in [-0.2, -0.15) is 0 Å². The van der Waals surface area contributed by atoms with Gasteiger partial charge in [0, 0.05) is 11.3 Å². The second-order valence-electron chi connectivity index (χ2n) is 18.3. The lowest BCUT2D eigenvalue weighted by Gasteiger charge is -2.74. The van der Waals surface area contributed by atoms with Crippen LogP contribution in [0.1, 0.15) is 112 Å². The van der Waals surface area contributed by atoms with E-state index in [1.54, 1.807) is 12.1 Å². The topological polar surface area (TPSA) is 109 Å². The van der Waals surface area contributed by atoms with Crippen LogP contribution in [0.2, 0.25) is 0 Å². The predicted molar refractivity (Wildman–Crippen MR) is 181 cm³/mol. The standard InChI is InChI=1S/C40H60O7/c1-21-12-15-37(5)19-29(44)40(8)31(30(37)22(21)2)33-34(47-32(26(20-41)46-33)23-10-11-24(42)25(18-23)45-9)35-38(6)16-14-28(43)36(3,4)27(38)13-17-39(35,40)7/h10-11,18,21-22,26-30,32,34-35,41-44H,12-17,19-20H2,1-9H3. The maximum atomic E-state index is 12.6. The number of hydrogen-bond donors (Lipinski definition) is 4. The summed E-state index contributed by atoms with van der Waals surface area (Å²) < 4.78 is 20.1. The highest BCUT2D eigenvalue weighted by molar-refractivity contribution is 5.44. The Morgan fingerprint density at radius 1 is 0.915 bits per heavy atom. The molecule has 1 aromatic carbocycles. The number of methoxy groups -OCH3 is 1. The lowest BCUT2D eigenvalue weighted by molar-refractivity contribution is -0.286. The summed E-state index contributed by atoms with van der Waals surface area (Å²) in [6, 6.07) is 5.27. The van der Waals surface area contributed by atoms with Gasteiger partial charge in [-0.3, -0.25) is 0 Å². The van der Waals surface area contributed by atoms with E-state index in [1.807, 2.05) is 6.07 Å². The van der Waals surface area contributed by atoms with E-state index in [-0.39, 0.29) is 64.0 Å². The van der Waals surface area contributed by atoms with Crippen molar-refractivity contribution in [2.75, 3.05) is 13.7 Å². The number of aliphatic hydroxyl groups is 3. The van der Waals surface area contributed by atoms with Crippen LogP contribution in [0.3, 0.4) is 0 Å². The fourth-order valence-corrected chi connectivity index (χ4v) is 13.1. The Hall–Kier alpha value is -1.80. The van der Waals surface area contributed by atoms with Crippen molar-refractivity contribution >= 4 is 0 Å². The van der Waals surface area contributed by atoms with Gasteiger partial charge >= 0.3 is 0 Å². The van der Waals surface area contributed by atoms with Crippen molar-refractivity contribution in [1.29, 1.82) is 0 Å². The van der Waals surface area contributed by atoms with Crippen LogP contribution in [0.5, 0.6) is 11.5 Å². The first-order valence-electron chi connectivity index (χ1n) is 18.4. The third-order valence-electron chi connectivity index (χ3n) is 16.0. The summed E-state index contributed by atoms with van der Waals surface area (Å²) in [5, 5.41) is 45.3. The average Bonchev–Trinajstić information content (AvgIpc) is 3.02. The summed E-state index contributed by atoms with van der Waals surface area (Å²) >= 11 is 0. The van der Waals surface area contributed by atoms with E-state index >= 15 is 0 Å². The van der Waals surface area contributed by atoms with Gasteiger partial charge in [0.05, 0.1) is 25.9 Å². The molecule has 262 valence electrons. The van der Waals surface area contributed by atoms with Gasteiger partial charge in [0.1, 0.15) is 18.0 Å². The van der Waals surface area contributed by atoms with Crippen LogP contribution >= 0.6 is 0 Å². The van der Waals surface area contributed by atoms with E-state index in [1.165, 1.54) is 12.7 Å². The quantitative estimate of drug-likeness (QED) is 0.274. The Morgan fingerprint density at radius 2 is 1.64 bits per heavy atom. The molecule has 14 unspecified atom stereocenters. The molecule has 7 heteroatoms. The van der Waals surface area contributed by atoms with Crippen molar-refractivity contribution in [1.82, 2.24) is 0 Å². The largest absolute Gasteiger partial charge is 0.504 e. The Balaban J connectivity index is 1.48. The van der Waals surface area contributed by atoms with Gasteiger partial charge in [0.15, 0.2) is 17.6 Å². The van der Waals surface area contributed by atoms with Gasteiger partial charge in [-0.1, -0.05) is 61.5 Å². The van der Waals surface area contributed by atoms with Crippen molar-refractivity contribution in [2.45, 2.75) is 131 Å². The van der Waals surface area contributed by atoms with E-state index in [0.29, 0.717) is 17.6 Å². The highest BCUT2D eigenvalue weighted by Gasteiger charge is 2.75. The Morgan fingerprint density at radius 3 is 2.32 bits per heavy atom. The average molecular weight is 653 g/mol. The molecule has 0 spiro atoms. The zero-order chi connectivity index (χ0) is 34.1. The first kappa shape index (κ1) is 33.7. The van der Waals surface area contributed by atoms with Crippen molar-refractivity contribution in [3.63, 3.8) is 0 Å². The zero-order valence-corrected chi connectivity index (χ0v) is 30.2. The minimum absolute atomic E-state index is 0.0146. The SMILES string of the molecule is COc1cc(C2OC3C(=C4C5C(C)C(C)CCC5(C)CC(O)C4(C)C4(C)CCC5C(C)(C)C(O)CCC5(C)C34)OC2CO)ccc1O. The Labute approximate surface area is 282 Å². The number of fused-ring (bicyclic) bond motifs is 9. The summed E-state index contributed by atoms with van der Waals surface area (Å²) in [7, 11) is 1.54. The maximum absolute atomic E-state index is 12.6. The first-order chi connectivity index (χ1) is 22.0. The molecule has 7 nitrogen and oxygen atoms in total. The Bertz CT molecular complexity index is 1440. The summed E-state index contributed by atoms with van der Waals surface area (Å²) in [4.78, 5) is 0. The lowest BCUT2D eigenvalue weighted by atomic mass is 9.32. The molecule has 0 bridgehead atoms. The molecule has 0 aromatic heterocycles. The summed E-state index contributed by atoms with van der Waals surface area (Å²) in [6.07, 6.45) is 4.05. The molecule has 47 heavy (non-hydrogen) atoms. The van der Waals surface area contributed by atoms with Gasteiger partial charge in [-0.25, -0.2) is 0 Å². The van der Waals surface area contributed by atoms with Crippen molar-refractivity contribution in [3.8, 4) is 11.5 Å². The third-order valence-corrected chi connectivity index (χ3v) is 16.0. The molecule has 14 atom stereocenters. The van der Waals surface area contributed by atoms with Crippen LogP contribution < -0.4 is 4.74 Å². The van der Waals surface area contributed by atoms with Crippen molar-refractivity contribution in [3.05, 3.63) is 35.1 Å². The number of ether oxygens (including phenoxy) is 3. The van der Waals surface area contributed by atoms with Crippen LogP contribution in [-0.4, -0.2) is 58.6 Å². The monoisotopic (exact) mass is 652 g/mol. The Kier molecular flexibility index (Phi) is 7.78. The molecule has 0 radical (unpaired) electrons. The maximum Gasteiger partial charge on any atom is 0.160 e. The normalized spacial score (nSPS) is 50.2. The zero-order valence-electron chi connectivity index (χ0n) is 30.2. The van der Waals surface area contributed by atoms with Crippen molar-refractivity contribution < 1.29 is 34.6 Å². The highest BCUT2D eigenvalue weighted by Crippen LogP contribution is 2.77. The van der Waals surface area contributed by atoms with Crippen LogP contribution in [0.4, 0.5) is 0 Å². The molecule has 1 aromatic rings. The number of rotatable bonds is 3. The molecule has 0 amide bonds. The minimum atomic E-state index is -0.657. The molecular formula is C40H60O7. The van der Waals surface area contributed by atoms with Gasteiger partial charge in [-0.15, -0.1) is 0 Å². The molecule has 1 heterocycles. The number of hydrogen-bond acceptors (Lipinski definition) is 7. The number of phenols is 1. The van der Waals surface area contributed by atoms with Crippen LogP contribution in [0.15, 0.2) is 29.5 Å². The van der Waals surface area contributed by atoms with E-state index in [4.69, 9.17) is 14.2 Å². The number of phenolic OH excluding ortho intramolecular Hbond substituents is 1. The molecule has 1 aliphatic heterocycles. The van der Waals surface area contributed by atoms with Crippen LogP contribution in [0, 0.1) is 56.7 Å². The smallest absolute Gasteiger partial charge is 0.160 e. The lowest BCUT2D eigenvalue weighted by Crippen LogP contribution is -2.72. The van der Waals surface area contributed by atoms with Gasteiger partial charge in [0.25, 0.3) is 0 Å². The van der Waals surface area contributed by atoms with E-state index in [2.05, 4.69) is 55.4 Å². The molecule has 1 saturated heterocycles. The van der Waals surface area contributed by atoms with E-state index in [9.17, 15) is 20.4 Å². The number of benzene rings is 1. The number of aromatic hydroxyl groups is 1. The second kappa shape index (κ2) is 10.8. The fraction of sp³-hybridized carbons (Fsp3) is 0.800. The fourth-order valence-electron chi connectivity index (χ4n) is 13.1. The highest BCUT2D eigenvalue weighted by atomic mass is 16.6. The summed E-state index contributed by atoms with van der Waals surface area (Å²) in [6.45, 7) is 18.7. The van der Waals surface area contributed by atoms with Crippen LogP contribution in [-0.2, 0) is 9.47 Å². The first-order valence-corrected chi connectivity index (χ1v) is 18.4. The molecule has 6 aliphatic rings. The van der Waals surface area contributed by atoms with E-state index < -0.39 is 23.7 Å². The molecule has 7 rings (SSSR count). The summed E-state index contributed by atoms with van der Waals surface area (Å²) in [5.74, 6) is 2.76. The number of aliphatic hydroxyl groups excluding tert-OH is 3. The minimum Gasteiger partial charge on any atom is -0.504 e.